The molecule has 0 unspecified atom stereocenters. The second kappa shape index (κ2) is 4.74. The third-order valence-corrected chi connectivity index (χ3v) is 1.43. The van der Waals surface area contributed by atoms with Gasteiger partial charge >= 0.3 is 6.61 Å². The molecule has 1 aromatic carbocycles. The Balaban J connectivity index is 2.59. The summed E-state index contributed by atoms with van der Waals surface area (Å²) in [5.74, 6) is 0.108. The molecule has 0 aliphatic heterocycles. The highest BCUT2D eigenvalue weighted by molar-refractivity contribution is 5.27. The molecular formula is C8H9F2NO2. The highest BCUT2D eigenvalue weighted by Crippen LogP contribution is 2.14. The summed E-state index contributed by atoms with van der Waals surface area (Å²) in [4.78, 5) is 0. The lowest BCUT2D eigenvalue weighted by atomic mass is 10.2. The highest BCUT2D eigenvalue weighted by Gasteiger charge is 2.02. The molecule has 0 aliphatic carbocycles. The predicted octanol–water partition coefficient (Wildman–Crippen LogP) is 1.77. The zero-order chi connectivity index (χ0) is 9.68. The van der Waals surface area contributed by atoms with Crippen molar-refractivity contribution in [2.24, 2.45) is 0 Å². The normalized spacial score (nSPS) is 10.5. The van der Waals surface area contributed by atoms with Crippen LogP contribution in [0.25, 0.3) is 0 Å². The molecule has 0 fully saturated rings. The Hall–Kier alpha value is -1.20. The number of alkyl halides is 2. The van der Waals surface area contributed by atoms with Gasteiger partial charge in [0.1, 0.15) is 5.75 Å². The predicted molar refractivity (Wildman–Crippen MR) is 41.7 cm³/mol. The van der Waals surface area contributed by atoms with Crippen molar-refractivity contribution in [3.05, 3.63) is 29.8 Å². The molecule has 0 saturated carbocycles. The van der Waals surface area contributed by atoms with E-state index in [0.717, 1.165) is 5.56 Å². The van der Waals surface area contributed by atoms with Gasteiger partial charge in [0.05, 0.1) is 0 Å². The van der Waals surface area contributed by atoms with Crippen molar-refractivity contribution in [2.45, 2.75) is 13.2 Å². The van der Waals surface area contributed by atoms with Crippen LogP contribution in [0.4, 0.5) is 8.78 Å². The second-order valence-corrected chi connectivity index (χ2v) is 2.36. The van der Waals surface area contributed by atoms with Gasteiger partial charge in [0.15, 0.2) is 0 Å². The van der Waals surface area contributed by atoms with Gasteiger partial charge in [-0.05, 0) is 17.7 Å². The fraction of sp³-hybridized carbons (Fsp3) is 0.250. The molecule has 13 heavy (non-hydrogen) atoms. The molecule has 0 bridgehead atoms. The SMILES string of the molecule is ONCc1ccc(OC(F)F)cc1. The van der Waals surface area contributed by atoms with Crippen LogP contribution in [0.5, 0.6) is 5.75 Å². The van der Waals surface area contributed by atoms with Crippen molar-refractivity contribution in [1.29, 1.82) is 0 Å². The van der Waals surface area contributed by atoms with Crippen LogP contribution in [-0.2, 0) is 6.54 Å². The Kier molecular flexibility index (Phi) is 3.60. The highest BCUT2D eigenvalue weighted by atomic mass is 19.3. The van der Waals surface area contributed by atoms with Gasteiger partial charge in [-0.25, -0.2) is 5.48 Å². The molecule has 1 aromatic rings. The fourth-order valence-electron chi connectivity index (χ4n) is 0.880. The van der Waals surface area contributed by atoms with E-state index in [9.17, 15) is 8.78 Å². The summed E-state index contributed by atoms with van der Waals surface area (Å²) in [5.41, 5.74) is 2.74. The molecule has 2 N–H and O–H groups in total. The number of ether oxygens (including phenoxy) is 1. The molecule has 0 heterocycles. The number of benzene rings is 1. The maximum Gasteiger partial charge on any atom is 0.387 e. The van der Waals surface area contributed by atoms with Gasteiger partial charge in [0, 0.05) is 6.54 Å². The maximum absolute atomic E-state index is 11.7. The average Bonchev–Trinajstić information content (AvgIpc) is 2.08. The van der Waals surface area contributed by atoms with Crippen molar-refractivity contribution >= 4 is 0 Å². The fourth-order valence-corrected chi connectivity index (χ4v) is 0.880. The number of hydrogen-bond acceptors (Lipinski definition) is 3. The molecule has 0 aliphatic rings. The van der Waals surface area contributed by atoms with Gasteiger partial charge < -0.3 is 9.94 Å². The first kappa shape index (κ1) is 9.88. The number of rotatable bonds is 4. The van der Waals surface area contributed by atoms with Crippen LogP contribution in [0, 0.1) is 0 Å². The van der Waals surface area contributed by atoms with Crippen molar-refractivity contribution < 1.29 is 18.7 Å². The first-order valence-corrected chi connectivity index (χ1v) is 3.63. The van der Waals surface area contributed by atoms with Crippen LogP contribution in [0.2, 0.25) is 0 Å². The van der Waals surface area contributed by atoms with E-state index in [2.05, 4.69) is 4.74 Å². The minimum Gasteiger partial charge on any atom is -0.435 e. The van der Waals surface area contributed by atoms with Crippen LogP contribution in [0.1, 0.15) is 5.56 Å². The van der Waals surface area contributed by atoms with Gasteiger partial charge in [-0.1, -0.05) is 12.1 Å². The lowest BCUT2D eigenvalue weighted by Gasteiger charge is -2.04. The van der Waals surface area contributed by atoms with E-state index in [-0.39, 0.29) is 12.3 Å². The Morgan fingerprint density at radius 3 is 2.38 bits per heavy atom. The topological polar surface area (TPSA) is 41.5 Å². The molecule has 0 amide bonds. The molecule has 3 nitrogen and oxygen atoms in total. The van der Waals surface area contributed by atoms with Gasteiger partial charge in [-0.2, -0.15) is 8.78 Å². The number of halogens is 2. The summed E-state index contributed by atoms with van der Waals surface area (Å²) in [6, 6.07) is 6.00. The van der Waals surface area contributed by atoms with Crippen LogP contribution in [-0.4, -0.2) is 11.8 Å². The van der Waals surface area contributed by atoms with Crippen molar-refractivity contribution in [1.82, 2.24) is 5.48 Å². The van der Waals surface area contributed by atoms with Crippen molar-refractivity contribution in [3.63, 3.8) is 0 Å². The first-order valence-electron chi connectivity index (χ1n) is 3.63. The van der Waals surface area contributed by atoms with Crippen LogP contribution in [0.15, 0.2) is 24.3 Å². The quantitative estimate of drug-likeness (QED) is 0.709. The number of hydrogen-bond donors (Lipinski definition) is 2. The summed E-state index contributed by atoms with van der Waals surface area (Å²) in [6.45, 7) is -2.53. The van der Waals surface area contributed by atoms with Gasteiger partial charge in [-0.3, -0.25) is 0 Å². The van der Waals surface area contributed by atoms with Crippen molar-refractivity contribution in [3.8, 4) is 5.75 Å². The smallest absolute Gasteiger partial charge is 0.387 e. The van der Waals surface area contributed by atoms with E-state index < -0.39 is 6.61 Å². The molecule has 0 spiro atoms. The molecular weight excluding hydrogens is 180 g/mol. The number of nitrogens with one attached hydrogen (secondary N) is 1. The van der Waals surface area contributed by atoms with E-state index in [1.165, 1.54) is 12.1 Å². The lowest BCUT2D eigenvalue weighted by molar-refractivity contribution is -0.0498. The molecule has 0 aromatic heterocycles. The third-order valence-electron chi connectivity index (χ3n) is 1.43. The Labute approximate surface area is 73.9 Å². The molecule has 5 heteroatoms. The Morgan fingerprint density at radius 2 is 1.92 bits per heavy atom. The summed E-state index contributed by atoms with van der Waals surface area (Å²) in [5, 5.41) is 8.33. The van der Waals surface area contributed by atoms with Gasteiger partial charge in [0.2, 0.25) is 0 Å². The van der Waals surface area contributed by atoms with Gasteiger partial charge in [0.25, 0.3) is 0 Å². The molecule has 72 valence electrons. The van der Waals surface area contributed by atoms with Crippen molar-refractivity contribution in [2.75, 3.05) is 0 Å². The monoisotopic (exact) mass is 189 g/mol. The second-order valence-electron chi connectivity index (χ2n) is 2.36. The van der Waals surface area contributed by atoms with Crippen LogP contribution >= 0.6 is 0 Å². The van der Waals surface area contributed by atoms with E-state index in [1.54, 1.807) is 12.1 Å². The standard InChI is InChI=1S/C8H9F2NO2/c9-8(10)13-7-3-1-6(2-4-7)5-11-12/h1-4,8,11-12H,5H2. The molecule has 0 radical (unpaired) electrons. The Morgan fingerprint density at radius 1 is 1.31 bits per heavy atom. The number of hydroxylamine groups is 1. The van der Waals surface area contributed by atoms with E-state index in [0.29, 0.717) is 0 Å². The zero-order valence-electron chi connectivity index (χ0n) is 6.71. The summed E-state index contributed by atoms with van der Waals surface area (Å²) in [7, 11) is 0. The first-order chi connectivity index (χ1) is 6.22. The van der Waals surface area contributed by atoms with E-state index in [4.69, 9.17) is 5.21 Å². The maximum atomic E-state index is 11.7. The minimum atomic E-state index is -2.80. The molecule has 0 atom stereocenters. The average molecular weight is 189 g/mol. The molecule has 0 saturated heterocycles. The largest absolute Gasteiger partial charge is 0.435 e. The molecule has 1 rings (SSSR count). The van der Waals surface area contributed by atoms with E-state index >= 15 is 0 Å². The third kappa shape index (κ3) is 3.35. The summed E-state index contributed by atoms with van der Waals surface area (Å²) in [6.07, 6.45) is 0. The minimum absolute atomic E-state index is 0.108. The lowest BCUT2D eigenvalue weighted by Crippen LogP contribution is -2.06. The van der Waals surface area contributed by atoms with E-state index in [1.807, 2.05) is 5.48 Å². The van der Waals surface area contributed by atoms with Crippen LogP contribution in [0.3, 0.4) is 0 Å². The summed E-state index contributed by atoms with van der Waals surface area (Å²) < 4.78 is 27.5. The summed E-state index contributed by atoms with van der Waals surface area (Å²) >= 11 is 0. The van der Waals surface area contributed by atoms with Gasteiger partial charge in [-0.15, -0.1) is 0 Å². The van der Waals surface area contributed by atoms with Crippen LogP contribution < -0.4 is 10.2 Å². The Bertz CT molecular complexity index is 251. The zero-order valence-corrected chi connectivity index (χ0v) is 6.71.